The van der Waals surface area contributed by atoms with Crippen LogP contribution in [-0.2, 0) is 9.53 Å². The van der Waals surface area contributed by atoms with E-state index in [0.717, 1.165) is 0 Å². The SMILES string of the molecule is C[C@@H](Oc1ccccc1)C(=O)OCC(=O)c1ccc(NC(=O)c2ccccc2)cc1. The molecule has 3 aromatic carbocycles. The van der Waals surface area contributed by atoms with Crippen molar-refractivity contribution in [3.63, 3.8) is 0 Å². The number of ether oxygens (including phenoxy) is 2. The van der Waals surface area contributed by atoms with Gasteiger partial charge in [-0.3, -0.25) is 9.59 Å². The monoisotopic (exact) mass is 403 g/mol. The molecule has 0 aliphatic carbocycles. The van der Waals surface area contributed by atoms with Crippen molar-refractivity contribution in [1.82, 2.24) is 0 Å². The summed E-state index contributed by atoms with van der Waals surface area (Å²) in [4.78, 5) is 36.5. The van der Waals surface area contributed by atoms with Gasteiger partial charge in [0.2, 0.25) is 0 Å². The molecule has 0 aliphatic rings. The molecule has 0 aliphatic heterocycles. The molecule has 0 heterocycles. The Morgan fingerprint density at radius 3 is 2.03 bits per heavy atom. The van der Waals surface area contributed by atoms with Gasteiger partial charge >= 0.3 is 5.97 Å². The highest BCUT2D eigenvalue weighted by Gasteiger charge is 2.18. The minimum absolute atomic E-state index is 0.240. The van der Waals surface area contributed by atoms with Crippen LogP contribution in [0, 0.1) is 0 Å². The average Bonchev–Trinajstić information content (AvgIpc) is 2.79. The number of amides is 1. The zero-order chi connectivity index (χ0) is 21.3. The third-order valence-corrected chi connectivity index (χ3v) is 4.23. The van der Waals surface area contributed by atoms with Gasteiger partial charge in [-0.2, -0.15) is 0 Å². The Kier molecular flexibility index (Phi) is 6.95. The molecule has 0 spiro atoms. The highest BCUT2D eigenvalue weighted by molar-refractivity contribution is 6.04. The van der Waals surface area contributed by atoms with Gasteiger partial charge < -0.3 is 14.8 Å². The molecule has 0 aromatic heterocycles. The van der Waals surface area contributed by atoms with Gasteiger partial charge in [0.1, 0.15) is 5.75 Å². The van der Waals surface area contributed by atoms with E-state index in [2.05, 4.69) is 5.32 Å². The van der Waals surface area contributed by atoms with Crippen LogP contribution in [0.2, 0.25) is 0 Å². The van der Waals surface area contributed by atoms with Crippen molar-refractivity contribution in [2.45, 2.75) is 13.0 Å². The summed E-state index contributed by atoms with van der Waals surface area (Å²) in [6.07, 6.45) is -0.837. The Morgan fingerprint density at radius 2 is 1.40 bits per heavy atom. The Morgan fingerprint density at radius 1 is 0.800 bits per heavy atom. The average molecular weight is 403 g/mol. The fraction of sp³-hybridized carbons (Fsp3) is 0.125. The molecule has 1 N–H and O–H groups in total. The second kappa shape index (κ2) is 10.0. The Labute approximate surface area is 174 Å². The molecule has 152 valence electrons. The second-order valence-electron chi connectivity index (χ2n) is 6.50. The van der Waals surface area contributed by atoms with Gasteiger partial charge in [0.25, 0.3) is 5.91 Å². The Hall–Kier alpha value is -3.93. The van der Waals surface area contributed by atoms with Gasteiger partial charge in [-0.15, -0.1) is 0 Å². The zero-order valence-electron chi connectivity index (χ0n) is 16.4. The molecule has 1 amide bonds. The van der Waals surface area contributed by atoms with Crippen LogP contribution >= 0.6 is 0 Å². The summed E-state index contributed by atoms with van der Waals surface area (Å²) in [5.74, 6) is -0.674. The summed E-state index contributed by atoms with van der Waals surface area (Å²) in [6.45, 7) is 1.17. The van der Waals surface area contributed by atoms with E-state index in [9.17, 15) is 14.4 Å². The van der Waals surface area contributed by atoms with E-state index in [4.69, 9.17) is 9.47 Å². The fourth-order valence-corrected chi connectivity index (χ4v) is 2.62. The largest absolute Gasteiger partial charge is 0.479 e. The maximum atomic E-state index is 12.3. The zero-order valence-corrected chi connectivity index (χ0v) is 16.4. The normalized spacial score (nSPS) is 11.2. The minimum atomic E-state index is -0.837. The number of nitrogens with one attached hydrogen (secondary N) is 1. The van der Waals surface area contributed by atoms with E-state index in [1.165, 1.54) is 0 Å². The maximum absolute atomic E-state index is 12.3. The minimum Gasteiger partial charge on any atom is -0.479 e. The molecule has 1 atom stereocenters. The van der Waals surface area contributed by atoms with Gasteiger partial charge in [-0.1, -0.05) is 36.4 Å². The Bertz CT molecular complexity index is 1000. The van der Waals surface area contributed by atoms with Crippen molar-refractivity contribution >= 4 is 23.3 Å². The van der Waals surface area contributed by atoms with Crippen LogP contribution in [0.3, 0.4) is 0 Å². The summed E-state index contributed by atoms with van der Waals surface area (Å²) in [6, 6.07) is 24.1. The summed E-state index contributed by atoms with van der Waals surface area (Å²) in [7, 11) is 0. The molecular weight excluding hydrogens is 382 g/mol. The molecule has 0 saturated carbocycles. The number of benzene rings is 3. The molecule has 0 saturated heterocycles. The number of hydrogen-bond acceptors (Lipinski definition) is 5. The first-order chi connectivity index (χ1) is 14.5. The number of anilines is 1. The molecule has 3 rings (SSSR count). The molecule has 0 fully saturated rings. The number of ketones is 1. The van der Waals surface area contributed by atoms with Crippen molar-refractivity contribution in [3.05, 3.63) is 96.1 Å². The molecule has 0 bridgehead atoms. The summed E-state index contributed by atoms with van der Waals surface area (Å²) in [5, 5.41) is 2.76. The summed E-state index contributed by atoms with van der Waals surface area (Å²) < 4.78 is 10.5. The number of esters is 1. The maximum Gasteiger partial charge on any atom is 0.347 e. The first-order valence-corrected chi connectivity index (χ1v) is 9.41. The third-order valence-electron chi connectivity index (χ3n) is 4.23. The van der Waals surface area contributed by atoms with E-state index < -0.39 is 18.7 Å². The summed E-state index contributed by atoms with van der Waals surface area (Å²) in [5.41, 5.74) is 1.47. The van der Waals surface area contributed by atoms with Gasteiger partial charge in [0.05, 0.1) is 0 Å². The van der Waals surface area contributed by atoms with Crippen LogP contribution in [0.25, 0.3) is 0 Å². The van der Waals surface area contributed by atoms with Crippen molar-refractivity contribution in [1.29, 1.82) is 0 Å². The van der Waals surface area contributed by atoms with Gasteiger partial charge in [-0.05, 0) is 55.5 Å². The van der Waals surface area contributed by atoms with E-state index in [0.29, 0.717) is 22.6 Å². The van der Waals surface area contributed by atoms with Crippen molar-refractivity contribution < 1.29 is 23.9 Å². The lowest BCUT2D eigenvalue weighted by molar-refractivity contribution is -0.149. The van der Waals surface area contributed by atoms with Gasteiger partial charge in [-0.25, -0.2) is 4.79 Å². The van der Waals surface area contributed by atoms with E-state index in [1.54, 1.807) is 79.7 Å². The van der Waals surface area contributed by atoms with Crippen LogP contribution in [0.5, 0.6) is 5.75 Å². The van der Waals surface area contributed by atoms with Crippen LogP contribution in [-0.4, -0.2) is 30.4 Å². The highest BCUT2D eigenvalue weighted by Crippen LogP contribution is 2.13. The van der Waals surface area contributed by atoms with Crippen LogP contribution in [0.1, 0.15) is 27.6 Å². The molecular formula is C24H21NO5. The molecule has 0 unspecified atom stereocenters. The number of hydrogen-bond donors (Lipinski definition) is 1. The number of Topliss-reactive ketones (excluding diaryl/α,β-unsaturated/α-hetero) is 1. The second-order valence-corrected chi connectivity index (χ2v) is 6.50. The molecule has 3 aromatic rings. The number of para-hydroxylation sites is 1. The van der Waals surface area contributed by atoms with Crippen LogP contribution in [0.4, 0.5) is 5.69 Å². The molecule has 6 heteroatoms. The predicted molar refractivity (Wildman–Crippen MR) is 113 cm³/mol. The smallest absolute Gasteiger partial charge is 0.347 e. The number of carbonyl (C=O) groups is 3. The van der Waals surface area contributed by atoms with Crippen molar-refractivity contribution in [2.24, 2.45) is 0 Å². The first-order valence-electron chi connectivity index (χ1n) is 9.41. The summed E-state index contributed by atoms with van der Waals surface area (Å²) >= 11 is 0. The van der Waals surface area contributed by atoms with Crippen LogP contribution in [0.15, 0.2) is 84.9 Å². The van der Waals surface area contributed by atoms with Gasteiger partial charge in [0.15, 0.2) is 18.5 Å². The number of rotatable bonds is 8. The van der Waals surface area contributed by atoms with E-state index in [1.807, 2.05) is 12.1 Å². The number of carbonyl (C=O) groups excluding carboxylic acids is 3. The predicted octanol–water partition coefficient (Wildman–Crippen LogP) is 4.13. The van der Waals surface area contributed by atoms with Crippen molar-refractivity contribution in [2.75, 3.05) is 11.9 Å². The lowest BCUT2D eigenvalue weighted by Gasteiger charge is -2.13. The van der Waals surface area contributed by atoms with E-state index >= 15 is 0 Å². The van der Waals surface area contributed by atoms with Crippen LogP contribution < -0.4 is 10.1 Å². The highest BCUT2D eigenvalue weighted by atomic mass is 16.6. The lowest BCUT2D eigenvalue weighted by Crippen LogP contribution is -2.28. The first kappa shape index (κ1) is 20.8. The third kappa shape index (κ3) is 5.78. The molecule has 30 heavy (non-hydrogen) atoms. The fourth-order valence-electron chi connectivity index (χ4n) is 2.62. The van der Waals surface area contributed by atoms with Crippen molar-refractivity contribution in [3.8, 4) is 5.75 Å². The van der Waals surface area contributed by atoms with Gasteiger partial charge in [0, 0.05) is 16.8 Å². The standard InChI is InChI=1S/C24H21NO5/c1-17(30-21-10-6-3-7-11-21)24(28)29-16-22(26)18-12-14-20(15-13-18)25-23(27)19-8-4-2-5-9-19/h2-15,17H,16H2,1H3,(H,25,27)/t17-/m1/s1. The molecule has 6 nitrogen and oxygen atoms in total. The Balaban J connectivity index is 1.49. The topological polar surface area (TPSA) is 81.7 Å². The van der Waals surface area contributed by atoms with E-state index in [-0.39, 0.29) is 11.7 Å². The lowest BCUT2D eigenvalue weighted by atomic mass is 10.1. The quantitative estimate of drug-likeness (QED) is 0.452. The molecule has 0 radical (unpaired) electrons.